The molecule has 3 N–H and O–H groups in total. The third-order valence-corrected chi connectivity index (χ3v) is 5.83. The van der Waals surface area contributed by atoms with Gasteiger partial charge in [-0.15, -0.1) is 0 Å². The summed E-state index contributed by atoms with van der Waals surface area (Å²) in [5.74, 6) is -4.67. The maximum atomic E-state index is 13.4. The Morgan fingerprint density at radius 2 is 2.00 bits per heavy atom. The van der Waals surface area contributed by atoms with Gasteiger partial charge in [-0.2, -0.15) is 0 Å². The molecule has 2 aliphatic rings. The average molecular weight is 497 g/mol. The van der Waals surface area contributed by atoms with Gasteiger partial charge in [0.15, 0.2) is 0 Å². The molecule has 0 bridgehead atoms. The molecule has 182 valence electrons. The molecule has 2 heterocycles. The molecule has 2 fully saturated rings. The monoisotopic (exact) mass is 496 g/mol. The molecule has 1 aromatic carbocycles. The molecule has 4 amide bonds. The zero-order valence-electron chi connectivity index (χ0n) is 17.8. The molecular formula is C21H22ClFN4O7. The highest BCUT2D eigenvalue weighted by Crippen LogP contribution is 2.25. The van der Waals surface area contributed by atoms with Crippen molar-refractivity contribution in [3.63, 3.8) is 0 Å². The molecule has 0 unspecified atom stereocenters. The Balaban J connectivity index is 1.82. The van der Waals surface area contributed by atoms with Gasteiger partial charge in [0.1, 0.15) is 24.2 Å². The second-order valence-electron chi connectivity index (χ2n) is 7.90. The fraction of sp³-hybridized carbons (Fsp3) is 0.429. The maximum absolute atomic E-state index is 13.4. The number of amides is 4. The predicted molar refractivity (Wildman–Crippen MR) is 114 cm³/mol. The van der Waals surface area contributed by atoms with Crippen molar-refractivity contribution in [1.82, 2.24) is 20.7 Å². The second kappa shape index (κ2) is 10.6. The van der Waals surface area contributed by atoms with Crippen molar-refractivity contribution >= 4 is 47.5 Å². The SMILES string of the molecule is O=C[C@H](CC(=O)O)NC(=O)[C@@H]1CCCN2C(=O)CC[C@H](NC(=O)c3ccc(F)c(Cl)c3)C(=O)N12. The molecule has 0 aliphatic carbocycles. The fourth-order valence-corrected chi connectivity index (χ4v) is 4.07. The van der Waals surface area contributed by atoms with E-state index in [1.807, 2.05) is 0 Å². The van der Waals surface area contributed by atoms with Gasteiger partial charge in [0, 0.05) is 18.5 Å². The molecule has 34 heavy (non-hydrogen) atoms. The van der Waals surface area contributed by atoms with Crippen LogP contribution >= 0.6 is 11.6 Å². The lowest BCUT2D eigenvalue weighted by molar-refractivity contribution is -0.176. The number of rotatable bonds is 7. The van der Waals surface area contributed by atoms with Crippen LogP contribution in [0.3, 0.4) is 0 Å². The summed E-state index contributed by atoms with van der Waals surface area (Å²) >= 11 is 5.72. The molecule has 2 aliphatic heterocycles. The summed E-state index contributed by atoms with van der Waals surface area (Å²) in [5, 5.41) is 15.5. The number of carboxylic acids is 1. The zero-order chi connectivity index (χ0) is 25.0. The highest BCUT2D eigenvalue weighted by Gasteiger charge is 2.45. The smallest absolute Gasteiger partial charge is 0.305 e. The summed E-state index contributed by atoms with van der Waals surface area (Å²) in [4.78, 5) is 73.6. The van der Waals surface area contributed by atoms with Crippen molar-refractivity contribution in [2.24, 2.45) is 0 Å². The first-order valence-corrected chi connectivity index (χ1v) is 10.9. The molecule has 0 saturated carbocycles. The van der Waals surface area contributed by atoms with Gasteiger partial charge >= 0.3 is 5.97 Å². The van der Waals surface area contributed by atoms with Crippen molar-refractivity contribution in [1.29, 1.82) is 0 Å². The third-order valence-electron chi connectivity index (χ3n) is 5.54. The Kier molecular flexibility index (Phi) is 7.82. The minimum atomic E-state index is -1.31. The number of aliphatic carboxylic acids is 1. The standard InChI is InChI=1S/C21H22ClFN4O7/c22-13-8-11(3-4-14(13)23)19(32)25-15-5-6-17(29)26-7-1-2-16(27(26)21(15)34)20(33)24-12(10-28)9-18(30)31/h3-4,8,10,12,15-16H,1-2,5-7,9H2,(H,24,33)(H,25,32)(H,30,31)/t12-,15-,16-/m0/s1. The van der Waals surface area contributed by atoms with Crippen molar-refractivity contribution in [2.45, 2.75) is 50.2 Å². The van der Waals surface area contributed by atoms with Crippen molar-refractivity contribution in [3.8, 4) is 0 Å². The number of fused-ring (bicyclic) bond motifs is 1. The number of nitrogens with zero attached hydrogens (tertiary/aromatic N) is 2. The van der Waals surface area contributed by atoms with Crippen LogP contribution in [0.2, 0.25) is 5.02 Å². The molecular weight excluding hydrogens is 475 g/mol. The Morgan fingerprint density at radius 1 is 1.26 bits per heavy atom. The van der Waals surface area contributed by atoms with E-state index in [1.165, 1.54) is 6.07 Å². The number of carbonyl (C=O) groups is 6. The molecule has 3 rings (SSSR count). The van der Waals surface area contributed by atoms with Crippen LogP contribution in [0, 0.1) is 5.82 Å². The number of aldehydes is 1. The number of hydrazine groups is 1. The number of carboxylic acid groups (broad SMARTS) is 1. The number of carbonyl (C=O) groups excluding carboxylic acids is 5. The van der Waals surface area contributed by atoms with Gasteiger partial charge in [0.25, 0.3) is 11.8 Å². The quantitative estimate of drug-likeness (QED) is 0.458. The van der Waals surface area contributed by atoms with E-state index >= 15 is 0 Å². The zero-order valence-corrected chi connectivity index (χ0v) is 18.6. The highest BCUT2D eigenvalue weighted by molar-refractivity contribution is 6.31. The lowest BCUT2D eigenvalue weighted by Gasteiger charge is -2.43. The molecule has 0 aromatic heterocycles. The first-order valence-electron chi connectivity index (χ1n) is 10.5. The van der Waals surface area contributed by atoms with Crippen LogP contribution in [-0.2, 0) is 24.0 Å². The van der Waals surface area contributed by atoms with Crippen molar-refractivity contribution in [3.05, 3.63) is 34.6 Å². The van der Waals surface area contributed by atoms with Crippen LogP contribution in [0.25, 0.3) is 0 Å². The number of halogens is 2. The molecule has 0 radical (unpaired) electrons. The summed E-state index contributed by atoms with van der Waals surface area (Å²) in [6, 6.07) is -0.364. The van der Waals surface area contributed by atoms with Gasteiger partial charge in [-0.25, -0.2) is 9.40 Å². The average Bonchev–Trinajstić information content (AvgIpc) is 2.92. The van der Waals surface area contributed by atoms with Crippen LogP contribution in [0.15, 0.2) is 18.2 Å². The van der Waals surface area contributed by atoms with Crippen LogP contribution in [0.5, 0.6) is 0 Å². The van der Waals surface area contributed by atoms with E-state index in [9.17, 15) is 33.2 Å². The topological polar surface area (TPSA) is 153 Å². The fourth-order valence-electron chi connectivity index (χ4n) is 3.89. The van der Waals surface area contributed by atoms with Crippen LogP contribution in [-0.4, -0.2) is 75.7 Å². The first-order chi connectivity index (χ1) is 16.1. The summed E-state index contributed by atoms with van der Waals surface area (Å²) in [7, 11) is 0. The molecule has 2 saturated heterocycles. The van der Waals surface area contributed by atoms with Crippen LogP contribution in [0.1, 0.15) is 42.5 Å². The van der Waals surface area contributed by atoms with E-state index in [0.717, 1.165) is 22.2 Å². The van der Waals surface area contributed by atoms with Crippen LogP contribution in [0.4, 0.5) is 4.39 Å². The lowest BCUT2D eigenvalue weighted by Crippen LogP contribution is -2.64. The summed E-state index contributed by atoms with van der Waals surface area (Å²) in [6.45, 7) is 0.175. The Hall–Kier alpha value is -3.54. The predicted octanol–water partition coefficient (Wildman–Crippen LogP) is 0.264. The lowest BCUT2D eigenvalue weighted by atomic mass is 10.0. The minimum Gasteiger partial charge on any atom is -0.481 e. The van der Waals surface area contributed by atoms with E-state index in [-0.39, 0.29) is 42.7 Å². The van der Waals surface area contributed by atoms with Gasteiger partial charge in [-0.3, -0.25) is 29.0 Å². The maximum Gasteiger partial charge on any atom is 0.305 e. The summed E-state index contributed by atoms with van der Waals surface area (Å²) < 4.78 is 13.4. The van der Waals surface area contributed by atoms with Crippen LogP contribution < -0.4 is 10.6 Å². The van der Waals surface area contributed by atoms with E-state index < -0.39 is 60.0 Å². The van der Waals surface area contributed by atoms with Gasteiger partial charge in [-0.1, -0.05) is 11.6 Å². The van der Waals surface area contributed by atoms with Crippen molar-refractivity contribution in [2.75, 3.05) is 6.54 Å². The first kappa shape index (κ1) is 25.1. The molecule has 11 nitrogen and oxygen atoms in total. The van der Waals surface area contributed by atoms with E-state index in [4.69, 9.17) is 16.7 Å². The van der Waals surface area contributed by atoms with Gasteiger partial charge in [0.05, 0.1) is 17.5 Å². The molecule has 0 spiro atoms. The second-order valence-corrected chi connectivity index (χ2v) is 8.31. The van der Waals surface area contributed by atoms with Crippen molar-refractivity contribution < 1.29 is 38.3 Å². The normalized spacial score (nSPS) is 21.2. The molecule has 3 atom stereocenters. The van der Waals surface area contributed by atoms with Gasteiger partial charge < -0.3 is 20.5 Å². The van der Waals surface area contributed by atoms with Gasteiger partial charge in [0.2, 0.25) is 11.8 Å². The Morgan fingerprint density at radius 3 is 2.65 bits per heavy atom. The number of nitrogens with one attached hydrogen (secondary N) is 2. The van der Waals surface area contributed by atoms with E-state index in [1.54, 1.807) is 0 Å². The minimum absolute atomic E-state index is 0.00191. The third kappa shape index (κ3) is 5.50. The van der Waals surface area contributed by atoms with E-state index in [0.29, 0.717) is 6.42 Å². The van der Waals surface area contributed by atoms with Gasteiger partial charge in [-0.05, 0) is 37.5 Å². The molecule has 1 aromatic rings. The number of benzene rings is 1. The Bertz CT molecular complexity index is 1040. The Labute approximate surface area is 198 Å². The highest BCUT2D eigenvalue weighted by atomic mass is 35.5. The molecule has 13 heteroatoms. The summed E-state index contributed by atoms with van der Waals surface area (Å²) in [5.41, 5.74) is 0.00191. The number of hydrogen-bond donors (Lipinski definition) is 3. The van der Waals surface area contributed by atoms with E-state index in [2.05, 4.69) is 10.6 Å². The number of hydrogen-bond acceptors (Lipinski definition) is 6. The largest absolute Gasteiger partial charge is 0.481 e. The summed E-state index contributed by atoms with van der Waals surface area (Å²) in [6.07, 6.45) is 0.0747.